The molecule has 1 aromatic carbocycles. The first-order valence-electron chi connectivity index (χ1n) is 8.12. The van der Waals surface area contributed by atoms with Crippen molar-refractivity contribution in [1.82, 2.24) is 5.32 Å². The molecule has 2 fully saturated rings. The number of hydrogen-bond acceptors (Lipinski definition) is 2. The zero-order valence-electron chi connectivity index (χ0n) is 13.4. The van der Waals surface area contributed by atoms with E-state index >= 15 is 0 Å². The Balaban J connectivity index is 1.90. The predicted octanol–water partition coefficient (Wildman–Crippen LogP) is 3.66. The van der Waals surface area contributed by atoms with E-state index in [0.29, 0.717) is 11.6 Å². The Kier molecular flexibility index (Phi) is 3.53. The highest BCUT2D eigenvalue weighted by molar-refractivity contribution is 5.56. The summed E-state index contributed by atoms with van der Waals surface area (Å²) in [4.78, 5) is 2.67. The second-order valence-corrected chi connectivity index (χ2v) is 7.05. The van der Waals surface area contributed by atoms with E-state index in [1.54, 1.807) is 0 Å². The van der Waals surface area contributed by atoms with Gasteiger partial charge in [0.1, 0.15) is 0 Å². The number of nitrogens with one attached hydrogen (secondary N) is 1. The van der Waals surface area contributed by atoms with Crippen molar-refractivity contribution in [2.45, 2.75) is 58.5 Å². The van der Waals surface area contributed by atoms with Crippen LogP contribution in [0.2, 0.25) is 0 Å². The highest BCUT2D eigenvalue weighted by Gasteiger charge is 2.45. The lowest BCUT2D eigenvalue weighted by atomic mass is 9.89. The van der Waals surface area contributed by atoms with Gasteiger partial charge < -0.3 is 10.2 Å². The van der Waals surface area contributed by atoms with Gasteiger partial charge in [0.25, 0.3) is 0 Å². The summed E-state index contributed by atoms with van der Waals surface area (Å²) in [6.45, 7) is 11.4. The summed E-state index contributed by atoms with van der Waals surface area (Å²) in [5.41, 5.74) is 4.53. The van der Waals surface area contributed by atoms with E-state index in [9.17, 15) is 0 Å². The Morgan fingerprint density at radius 2 is 2.05 bits per heavy atom. The van der Waals surface area contributed by atoms with Crippen LogP contribution < -0.4 is 10.2 Å². The summed E-state index contributed by atoms with van der Waals surface area (Å²) < 4.78 is 0. The number of benzene rings is 1. The van der Waals surface area contributed by atoms with Gasteiger partial charge in [0, 0.05) is 30.4 Å². The number of nitrogens with zero attached hydrogens (tertiary/aromatic N) is 1. The van der Waals surface area contributed by atoms with Crippen LogP contribution in [0, 0.1) is 19.8 Å². The van der Waals surface area contributed by atoms with Gasteiger partial charge in [-0.05, 0) is 57.6 Å². The van der Waals surface area contributed by atoms with Gasteiger partial charge in [0.2, 0.25) is 0 Å². The standard InChI is InChI=1S/C18H28N2/c1-5-16-11-19-18(4,15-7-8-15)12-20(16)17-9-6-13(2)10-14(17)3/h6,9-10,15-16,19H,5,7-8,11-12H2,1-4H3. The first kappa shape index (κ1) is 13.9. The number of hydrogen-bond donors (Lipinski definition) is 1. The molecule has 20 heavy (non-hydrogen) atoms. The molecule has 0 bridgehead atoms. The van der Waals surface area contributed by atoms with E-state index in [1.165, 1.54) is 36.1 Å². The molecule has 110 valence electrons. The van der Waals surface area contributed by atoms with Crippen molar-refractivity contribution >= 4 is 5.69 Å². The molecule has 1 saturated heterocycles. The first-order valence-corrected chi connectivity index (χ1v) is 8.12. The molecule has 1 aromatic rings. The quantitative estimate of drug-likeness (QED) is 0.903. The summed E-state index contributed by atoms with van der Waals surface area (Å²) >= 11 is 0. The van der Waals surface area contributed by atoms with Crippen LogP contribution in [0.15, 0.2) is 18.2 Å². The molecule has 1 heterocycles. The second-order valence-electron chi connectivity index (χ2n) is 7.05. The lowest BCUT2D eigenvalue weighted by molar-refractivity contribution is 0.252. The molecule has 2 nitrogen and oxygen atoms in total. The van der Waals surface area contributed by atoms with Crippen LogP contribution in [-0.2, 0) is 0 Å². The second kappa shape index (κ2) is 5.07. The minimum atomic E-state index is 0.309. The molecular weight excluding hydrogens is 244 g/mol. The first-order chi connectivity index (χ1) is 9.53. The van der Waals surface area contributed by atoms with E-state index in [1.807, 2.05) is 0 Å². The van der Waals surface area contributed by atoms with E-state index in [-0.39, 0.29) is 0 Å². The van der Waals surface area contributed by atoms with Gasteiger partial charge in [0.15, 0.2) is 0 Å². The highest BCUT2D eigenvalue weighted by atomic mass is 15.3. The van der Waals surface area contributed by atoms with Gasteiger partial charge in [0.05, 0.1) is 0 Å². The van der Waals surface area contributed by atoms with Crippen molar-refractivity contribution in [3.63, 3.8) is 0 Å². The fourth-order valence-corrected chi connectivity index (χ4v) is 3.77. The smallest absolute Gasteiger partial charge is 0.0413 e. The number of rotatable bonds is 3. The Hall–Kier alpha value is -1.02. The van der Waals surface area contributed by atoms with E-state index < -0.39 is 0 Å². The summed E-state index contributed by atoms with van der Waals surface area (Å²) in [5, 5.41) is 3.85. The lowest BCUT2D eigenvalue weighted by Crippen LogP contribution is -2.64. The number of piperazine rings is 1. The molecule has 0 aromatic heterocycles. The largest absolute Gasteiger partial charge is 0.365 e. The average Bonchev–Trinajstić information content (AvgIpc) is 3.23. The molecule has 0 amide bonds. The van der Waals surface area contributed by atoms with Crippen LogP contribution in [0.5, 0.6) is 0 Å². The molecule has 0 radical (unpaired) electrons. The molecule has 1 saturated carbocycles. The molecule has 2 aliphatic rings. The third kappa shape index (κ3) is 2.46. The van der Waals surface area contributed by atoms with Gasteiger partial charge in [-0.2, -0.15) is 0 Å². The summed E-state index contributed by atoms with van der Waals surface area (Å²) in [6, 6.07) is 7.53. The van der Waals surface area contributed by atoms with Gasteiger partial charge in [-0.1, -0.05) is 24.6 Å². The van der Waals surface area contributed by atoms with E-state index in [2.05, 4.69) is 56.1 Å². The molecular formula is C18H28N2. The lowest BCUT2D eigenvalue weighted by Gasteiger charge is -2.48. The normalized spacial score (nSPS) is 30.6. The van der Waals surface area contributed by atoms with Gasteiger partial charge in [-0.3, -0.25) is 0 Å². The van der Waals surface area contributed by atoms with Crippen LogP contribution in [0.25, 0.3) is 0 Å². The fraction of sp³-hybridized carbons (Fsp3) is 0.667. The van der Waals surface area contributed by atoms with Gasteiger partial charge >= 0.3 is 0 Å². The maximum atomic E-state index is 3.85. The maximum Gasteiger partial charge on any atom is 0.0413 e. The van der Waals surface area contributed by atoms with Gasteiger partial charge in [-0.25, -0.2) is 0 Å². The van der Waals surface area contributed by atoms with Crippen molar-refractivity contribution in [3.8, 4) is 0 Å². The summed E-state index contributed by atoms with van der Waals surface area (Å²) in [7, 11) is 0. The number of anilines is 1. The molecule has 2 unspecified atom stereocenters. The van der Waals surface area contributed by atoms with Crippen LogP contribution in [0.1, 0.15) is 44.2 Å². The van der Waals surface area contributed by atoms with Crippen LogP contribution in [0.3, 0.4) is 0 Å². The van der Waals surface area contributed by atoms with Gasteiger partial charge in [-0.15, -0.1) is 0 Å². The minimum absolute atomic E-state index is 0.309. The molecule has 3 rings (SSSR count). The zero-order valence-corrected chi connectivity index (χ0v) is 13.4. The van der Waals surface area contributed by atoms with E-state index in [0.717, 1.165) is 19.0 Å². The Bertz CT molecular complexity index is 492. The van der Waals surface area contributed by atoms with Crippen LogP contribution in [0.4, 0.5) is 5.69 Å². The SMILES string of the molecule is CCC1CNC(C)(C2CC2)CN1c1ccc(C)cc1C. The molecule has 2 heteroatoms. The minimum Gasteiger partial charge on any atom is -0.365 e. The third-order valence-electron chi connectivity index (χ3n) is 5.29. The molecule has 1 aliphatic heterocycles. The molecule has 2 atom stereocenters. The van der Waals surface area contributed by atoms with Crippen molar-refractivity contribution < 1.29 is 0 Å². The molecule has 0 spiro atoms. The molecule has 1 N–H and O–H groups in total. The van der Waals surface area contributed by atoms with Crippen LogP contribution >= 0.6 is 0 Å². The zero-order chi connectivity index (χ0) is 14.3. The van der Waals surface area contributed by atoms with E-state index in [4.69, 9.17) is 0 Å². The average molecular weight is 272 g/mol. The van der Waals surface area contributed by atoms with Crippen molar-refractivity contribution in [1.29, 1.82) is 0 Å². The van der Waals surface area contributed by atoms with Crippen molar-refractivity contribution in [3.05, 3.63) is 29.3 Å². The number of aryl methyl sites for hydroxylation is 2. The summed E-state index contributed by atoms with van der Waals surface area (Å²) in [6.07, 6.45) is 4.02. The molecule has 1 aliphatic carbocycles. The Labute approximate surface area is 123 Å². The Morgan fingerprint density at radius 3 is 2.65 bits per heavy atom. The topological polar surface area (TPSA) is 15.3 Å². The van der Waals surface area contributed by atoms with Crippen molar-refractivity contribution in [2.24, 2.45) is 5.92 Å². The van der Waals surface area contributed by atoms with Crippen molar-refractivity contribution in [2.75, 3.05) is 18.0 Å². The fourth-order valence-electron chi connectivity index (χ4n) is 3.77. The highest BCUT2D eigenvalue weighted by Crippen LogP contribution is 2.42. The maximum absolute atomic E-state index is 3.85. The van der Waals surface area contributed by atoms with Crippen LogP contribution in [-0.4, -0.2) is 24.7 Å². The Morgan fingerprint density at radius 1 is 1.30 bits per heavy atom. The third-order valence-corrected chi connectivity index (χ3v) is 5.29. The summed E-state index contributed by atoms with van der Waals surface area (Å²) in [5.74, 6) is 0.883. The predicted molar refractivity (Wildman–Crippen MR) is 86.5 cm³/mol. The monoisotopic (exact) mass is 272 g/mol.